The van der Waals surface area contributed by atoms with Gasteiger partial charge >= 0.3 is 0 Å². The fourth-order valence-corrected chi connectivity index (χ4v) is 4.11. The van der Waals surface area contributed by atoms with E-state index < -0.39 is 0 Å². The topological polar surface area (TPSA) is 78.4 Å². The number of nitrogens with zero attached hydrogens (tertiary/aromatic N) is 2. The van der Waals surface area contributed by atoms with Gasteiger partial charge in [0.15, 0.2) is 5.96 Å². The molecule has 0 bridgehead atoms. The van der Waals surface area contributed by atoms with Crippen LogP contribution in [-0.4, -0.2) is 37.0 Å². The standard InChI is InChI=1S/C18H31N5OS/c1-13-16(25-14(2)23-13)12-22-18(19-3)21-10-9-20-17(24)11-15-7-5-4-6-8-15/h15H,4-12H2,1-3H3,(H,20,24)(H2,19,21,22). The molecule has 1 heterocycles. The number of thiazole rings is 1. The van der Waals surface area contributed by atoms with Gasteiger partial charge < -0.3 is 16.0 Å². The fourth-order valence-electron chi connectivity index (χ4n) is 3.23. The Balaban J connectivity index is 1.60. The highest BCUT2D eigenvalue weighted by Crippen LogP contribution is 2.25. The third kappa shape index (κ3) is 7.02. The predicted octanol–water partition coefficient (Wildman–Crippen LogP) is 2.51. The van der Waals surface area contributed by atoms with Gasteiger partial charge in [0.2, 0.25) is 5.91 Å². The molecule has 1 fully saturated rings. The molecular formula is C18H31N5OS. The van der Waals surface area contributed by atoms with Crippen LogP contribution in [0.2, 0.25) is 0 Å². The van der Waals surface area contributed by atoms with Crippen molar-refractivity contribution in [2.75, 3.05) is 20.1 Å². The summed E-state index contributed by atoms with van der Waals surface area (Å²) in [5, 5.41) is 10.6. The normalized spacial score (nSPS) is 15.9. The van der Waals surface area contributed by atoms with Crippen LogP contribution >= 0.6 is 11.3 Å². The maximum absolute atomic E-state index is 12.0. The number of aromatic nitrogens is 1. The van der Waals surface area contributed by atoms with Crippen LogP contribution in [0.1, 0.15) is 54.1 Å². The lowest BCUT2D eigenvalue weighted by molar-refractivity contribution is -0.122. The molecule has 0 aromatic carbocycles. The van der Waals surface area contributed by atoms with Crippen LogP contribution in [0.25, 0.3) is 0 Å². The average molecular weight is 366 g/mol. The number of amides is 1. The second-order valence-electron chi connectivity index (χ2n) is 6.65. The average Bonchev–Trinajstić information content (AvgIpc) is 2.92. The molecule has 1 saturated carbocycles. The number of nitrogens with one attached hydrogen (secondary N) is 3. The van der Waals surface area contributed by atoms with Crippen molar-refractivity contribution in [3.63, 3.8) is 0 Å². The number of carbonyl (C=O) groups is 1. The Kier molecular flexibility index (Phi) is 8.18. The third-order valence-electron chi connectivity index (χ3n) is 4.58. The van der Waals surface area contributed by atoms with E-state index >= 15 is 0 Å². The van der Waals surface area contributed by atoms with Crippen molar-refractivity contribution < 1.29 is 4.79 Å². The van der Waals surface area contributed by atoms with Crippen LogP contribution in [0.3, 0.4) is 0 Å². The molecule has 0 spiro atoms. The smallest absolute Gasteiger partial charge is 0.220 e. The molecule has 0 saturated heterocycles. The third-order valence-corrected chi connectivity index (χ3v) is 5.65. The molecule has 140 valence electrons. The highest BCUT2D eigenvalue weighted by molar-refractivity contribution is 7.11. The molecule has 1 aliphatic carbocycles. The summed E-state index contributed by atoms with van der Waals surface area (Å²) < 4.78 is 0. The SMILES string of the molecule is CN=C(NCCNC(=O)CC1CCCCC1)NCc1sc(C)nc1C. The number of aryl methyl sites for hydroxylation is 2. The van der Waals surface area contributed by atoms with Crippen LogP contribution in [-0.2, 0) is 11.3 Å². The molecule has 3 N–H and O–H groups in total. The summed E-state index contributed by atoms with van der Waals surface area (Å²) in [5.74, 6) is 1.50. The number of guanidine groups is 1. The summed E-state index contributed by atoms with van der Waals surface area (Å²) in [7, 11) is 1.75. The number of aliphatic imine (C=N–C) groups is 1. The number of hydrogen-bond acceptors (Lipinski definition) is 4. The molecule has 1 aromatic rings. The van der Waals surface area contributed by atoms with Crippen molar-refractivity contribution >= 4 is 23.2 Å². The van der Waals surface area contributed by atoms with Gasteiger partial charge in [-0.3, -0.25) is 9.79 Å². The van der Waals surface area contributed by atoms with Gasteiger partial charge in [-0.05, 0) is 32.6 Å². The van der Waals surface area contributed by atoms with E-state index in [1.807, 2.05) is 13.8 Å². The van der Waals surface area contributed by atoms with E-state index in [0.717, 1.165) is 16.7 Å². The first kappa shape index (κ1) is 19.7. The Morgan fingerprint density at radius 2 is 1.88 bits per heavy atom. The molecule has 6 nitrogen and oxygen atoms in total. The van der Waals surface area contributed by atoms with E-state index in [1.165, 1.54) is 37.0 Å². The Labute approximate surface area is 154 Å². The monoisotopic (exact) mass is 365 g/mol. The molecule has 0 atom stereocenters. The zero-order valence-corrected chi connectivity index (χ0v) is 16.5. The Morgan fingerprint density at radius 1 is 1.16 bits per heavy atom. The van der Waals surface area contributed by atoms with Crippen LogP contribution < -0.4 is 16.0 Å². The summed E-state index contributed by atoms with van der Waals surface area (Å²) >= 11 is 1.70. The zero-order valence-electron chi connectivity index (χ0n) is 15.7. The van der Waals surface area contributed by atoms with Crippen LogP contribution in [0, 0.1) is 19.8 Å². The first-order chi connectivity index (χ1) is 12.1. The zero-order chi connectivity index (χ0) is 18.1. The van der Waals surface area contributed by atoms with Gasteiger partial charge in [0.05, 0.1) is 17.2 Å². The number of hydrogen-bond donors (Lipinski definition) is 3. The Morgan fingerprint density at radius 3 is 2.52 bits per heavy atom. The minimum Gasteiger partial charge on any atom is -0.355 e. The van der Waals surface area contributed by atoms with Crippen molar-refractivity contribution in [2.45, 2.75) is 58.9 Å². The maximum atomic E-state index is 12.0. The van der Waals surface area contributed by atoms with Crippen LogP contribution in [0.5, 0.6) is 0 Å². The summed E-state index contributed by atoms with van der Waals surface area (Å²) in [6.07, 6.45) is 6.98. The van der Waals surface area contributed by atoms with E-state index in [-0.39, 0.29) is 5.91 Å². The summed E-state index contributed by atoms with van der Waals surface area (Å²) in [5.41, 5.74) is 1.07. The summed E-state index contributed by atoms with van der Waals surface area (Å²) in [4.78, 5) is 21.9. The molecule has 7 heteroatoms. The molecular weight excluding hydrogens is 334 g/mol. The molecule has 0 aliphatic heterocycles. The van der Waals surface area contributed by atoms with E-state index in [0.29, 0.717) is 32.0 Å². The lowest BCUT2D eigenvalue weighted by Crippen LogP contribution is -2.41. The Hall–Kier alpha value is -1.63. The van der Waals surface area contributed by atoms with Gasteiger partial charge in [-0.2, -0.15) is 0 Å². The molecule has 0 unspecified atom stereocenters. The lowest BCUT2D eigenvalue weighted by Gasteiger charge is -2.20. The first-order valence-electron chi connectivity index (χ1n) is 9.22. The lowest BCUT2D eigenvalue weighted by atomic mass is 9.87. The highest BCUT2D eigenvalue weighted by atomic mass is 32.1. The largest absolute Gasteiger partial charge is 0.355 e. The van der Waals surface area contributed by atoms with Gasteiger partial charge in [0, 0.05) is 31.4 Å². The fraction of sp³-hybridized carbons (Fsp3) is 0.722. The van der Waals surface area contributed by atoms with Crippen molar-refractivity contribution in [1.29, 1.82) is 0 Å². The minimum atomic E-state index is 0.174. The second-order valence-corrected chi connectivity index (χ2v) is 7.94. The molecule has 1 aliphatic rings. The van der Waals surface area contributed by atoms with Crippen LogP contribution in [0.15, 0.2) is 4.99 Å². The molecule has 0 radical (unpaired) electrons. The van der Waals surface area contributed by atoms with E-state index in [1.54, 1.807) is 18.4 Å². The predicted molar refractivity (Wildman–Crippen MR) is 104 cm³/mol. The minimum absolute atomic E-state index is 0.174. The van der Waals surface area contributed by atoms with Gasteiger partial charge in [0.25, 0.3) is 0 Å². The van der Waals surface area contributed by atoms with E-state index in [9.17, 15) is 4.79 Å². The quantitative estimate of drug-likeness (QED) is 0.394. The molecule has 1 amide bonds. The van der Waals surface area contributed by atoms with E-state index in [2.05, 4.69) is 25.9 Å². The second kappa shape index (κ2) is 10.4. The molecule has 2 rings (SSSR count). The van der Waals surface area contributed by atoms with Crippen molar-refractivity contribution in [1.82, 2.24) is 20.9 Å². The summed E-state index contributed by atoms with van der Waals surface area (Å²) in [6, 6.07) is 0. The molecule has 25 heavy (non-hydrogen) atoms. The van der Waals surface area contributed by atoms with Gasteiger partial charge in [0.1, 0.15) is 0 Å². The number of rotatable bonds is 7. The van der Waals surface area contributed by atoms with Gasteiger partial charge in [-0.1, -0.05) is 19.3 Å². The van der Waals surface area contributed by atoms with Crippen molar-refractivity contribution in [3.05, 3.63) is 15.6 Å². The highest BCUT2D eigenvalue weighted by Gasteiger charge is 2.16. The van der Waals surface area contributed by atoms with E-state index in [4.69, 9.17) is 0 Å². The van der Waals surface area contributed by atoms with Gasteiger partial charge in [-0.15, -0.1) is 11.3 Å². The van der Waals surface area contributed by atoms with Gasteiger partial charge in [-0.25, -0.2) is 4.98 Å². The van der Waals surface area contributed by atoms with Crippen molar-refractivity contribution in [3.8, 4) is 0 Å². The number of carbonyl (C=O) groups excluding carboxylic acids is 1. The van der Waals surface area contributed by atoms with Crippen molar-refractivity contribution in [2.24, 2.45) is 10.9 Å². The van der Waals surface area contributed by atoms with Crippen LogP contribution in [0.4, 0.5) is 0 Å². The molecule has 1 aromatic heterocycles. The summed E-state index contributed by atoms with van der Waals surface area (Å²) in [6.45, 7) is 6.04. The maximum Gasteiger partial charge on any atom is 0.220 e. The Bertz CT molecular complexity index is 578. The first-order valence-corrected chi connectivity index (χ1v) is 10.0.